The fourth-order valence-electron chi connectivity index (χ4n) is 2.97. The molecule has 0 spiro atoms. The van der Waals surface area contributed by atoms with Gasteiger partial charge in [-0.2, -0.15) is 0 Å². The van der Waals surface area contributed by atoms with Gasteiger partial charge in [0, 0.05) is 37.0 Å². The Kier molecular flexibility index (Phi) is 7.72. The molecule has 6 nitrogen and oxygen atoms in total. The fourth-order valence-corrected chi connectivity index (χ4v) is 3.18. The number of rotatable bonds is 8. The molecule has 0 saturated carbocycles. The maximum absolute atomic E-state index is 14.9. The zero-order chi connectivity index (χ0) is 24.1. The predicted molar refractivity (Wildman–Crippen MR) is 112 cm³/mol. The normalized spacial score (nSPS) is 10.8. The largest absolute Gasteiger partial charge is 0.486 e. The zero-order valence-electron chi connectivity index (χ0n) is 17.1. The Morgan fingerprint density at radius 1 is 1.09 bits per heavy atom. The number of halogens is 5. The average Bonchev–Trinajstić information content (AvgIpc) is 2.75. The van der Waals surface area contributed by atoms with Crippen LogP contribution in [0.15, 0.2) is 41.3 Å². The number of aromatic amines is 1. The van der Waals surface area contributed by atoms with Crippen LogP contribution in [0.3, 0.4) is 0 Å². The summed E-state index contributed by atoms with van der Waals surface area (Å²) in [5.74, 6) is -4.61. The van der Waals surface area contributed by atoms with Gasteiger partial charge in [0.15, 0.2) is 5.75 Å². The molecular weight excluding hydrogens is 468 g/mol. The van der Waals surface area contributed by atoms with E-state index in [1.165, 1.54) is 7.11 Å². The minimum absolute atomic E-state index is 0.0678. The van der Waals surface area contributed by atoms with E-state index in [1.807, 2.05) is 0 Å². The summed E-state index contributed by atoms with van der Waals surface area (Å²) < 4.78 is 66.9. The first-order valence-corrected chi connectivity index (χ1v) is 9.81. The molecule has 33 heavy (non-hydrogen) atoms. The van der Waals surface area contributed by atoms with Gasteiger partial charge in [-0.05, 0) is 29.8 Å². The zero-order valence-corrected chi connectivity index (χ0v) is 17.9. The summed E-state index contributed by atoms with van der Waals surface area (Å²) in [5, 5.41) is 1.93. The van der Waals surface area contributed by atoms with Crippen LogP contribution in [0.5, 0.6) is 5.75 Å². The molecule has 2 N–H and O–H groups in total. The lowest BCUT2D eigenvalue weighted by Gasteiger charge is -2.15. The highest BCUT2D eigenvalue weighted by Gasteiger charge is 2.22. The molecule has 3 rings (SSSR count). The third-order valence-corrected chi connectivity index (χ3v) is 4.86. The number of H-pyrrole nitrogens is 1. The number of nitrogens with one attached hydrogen (secondary N) is 2. The van der Waals surface area contributed by atoms with Crippen molar-refractivity contribution in [2.24, 2.45) is 0 Å². The molecule has 0 aliphatic carbocycles. The topological polar surface area (TPSA) is 80.4 Å². The van der Waals surface area contributed by atoms with Gasteiger partial charge in [-0.25, -0.2) is 17.6 Å². The van der Waals surface area contributed by atoms with Crippen LogP contribution in [-0.2, 0) is 22.7 Å². The van der Waals surface area contributed by atoms with E-state index >= 15 is 0 Å². The van der Waals surface area contributed by atoms with Crippen LogP contribution < -0.4 is 15.6 Å². The highest BCUT2D eigenvalue weighted by atomic mass is 35.5. The number of pyridine rings is 1. The Morgan fingerprint density at radius 3 is 2.42 bits per heavy atom. The van der Waals surface area contributed by atoms with E-state index in [2.05, 4.69) is 15.0 Å². The van der Waals surface area contributed by atoms with Crippen LogP contribution in [0.2, 0.25) is 5.02 Å². The molecule has 0 bridgehead atoms. The van der Waals surface area contributed by atoms with Crippen molar-refractivity contribution in [1.29, 1.82) is 0 Å². The SMILES string of the molecule is COCC(=O)NCc1cc(F)c(-c2c[nH]c(=O)c(Cl)c2OCc2ccc(F)cc2F)c(F)c1. The maximum Gasteiger partial charge on any atom is 0.270 e. The first-order valence-electron chi connectivity index (χ1n) is 9.43. The van der Waals surface area contributed by atoms with E-state index < -0.39 is 51.9 Å². The highest BCUT2D eigenvalue weighted by Crippen LogP contribution is 2.37. The summed E-state index contributed by atoms with van der Waals surface area (Å²) in [6.07, 6.45) is 1.01. The molecule has 3 aromatic rings. The van der Waals surface area contributed by atoms with Gasteiger partial charge in [0.2, 0.25) is 5.91 Å². The summed E-state index contributed by atoms with van der Waals surface area (Å²) in [5.41, 5.74) is -1.53. The number of aromatic nitrogens is 1. The van der Waals surface area contributed by atoms with Gasteiger partial charge < -0.3 is 19.8 Å². The first kappa shape index (κ1) is 24.3. The third kappa shape index (κ3) is 5.71. The van der Waals surface area contributed by atoms with Crippen LogP contribution in [0.4, 0.5) is 17.6 Å². The molecule has 0 saturated heterocycles. The van der Waals surface area contributed by atoms with E-state index in [0.717, 1.165) is 30.5 Å². The van der Waals surface area contributed by atoms with E-state index in [-0.39, 0.29) is 35.6 Å². The summed E-state index contributed by atoms with van der Waals surface area (Å²) in [7, 11) is 1.33. The van der Waals surface area contributed by atoms with Gasteiger partial charge in [0.05, 0.1) is 5.56 Å². The van der Waals surface area contributed by atoms with Crippen molar-refractivity contribution in [3.05, 3.63) is 86.3 Å². The van der Waals surface area contributed by atoms with E-state index in [1.54, 1.807) is 0 Å². The van der Waals surface area contributed by atoms with Crippen LogP contribution >= 0.6 is 11.6 Å². The van der Waals surface area contributed by atoms with Gasteiger partial charge in [-0.3, -0.25) is 9.59 Å². The predicted octanol–water partition coefficient (Wildman–Crippen LogP) is 4.09. The number of benzene rings is 2. The molecule has 0 atom stereocenters. The van der Waals surface area contributed by atoms with Crippen molar-refractivity contribution in [1.82, 2.24) is 10.3 Å². The van der Waals surface area contributed by atoms with Crippen molar-refractivity contribution in [2.75, 3.05) is 13.7 Å². The first-order chi connectivity index (χ1) is 15.7. The lowest BCUT2D eigenvalue weighted by molar-refractivity contribution is -0.124. The second-order valence-corrected chi connectivity index (χ2v) is 7.22. The van der Waals surface area contributed by atoms with Crippen molar-refractivity contribution >= 4 is 17.5 Å². The molecule has 11 heteroatoms. The fraction of sp³-hybridized carbons (Fsp3) is 0.182. The Bertz CT molecular complexity index is 1230. The molecule has 0 aliphatic rings. The van der Waals surface area contributed by atoms with E-state index in [9.17, 15) is 27.2 Å². The number of carbonyl (C=O) groups excluding carboxylic acids is 1. The maximum atomic E-state index is 14.9. The van der Waals surface area contributed by atoms with Crippen LogP contribution in [0, 0.1) is 23.3 Å². The minimum atomic E-state index is -1.02. The van der Waals surface area contributed by atoms with Crippen molar-refractivity contribution in [2.45, 2.75) is 13.2 Å². The molecule has 1 aromatic heterocycles. The number of ether oxygens (including phenoxy) is 2. The van der Waals surface area contributed by atoms with Crippen LogP contribution in [0.25, 0.3) is 11.1 Å². The highest BCUT2D eigenvalue weighted by molar-refractivity contribution is 6.32. The summed E-state index contributed by atoms with van der Waals surface area (Å²) in [4.78, 5) is 25.7. The molecular formula is C22H17ClF4N2O4. The lowest BCUT2D eigenvalue weighted by atomic mass is 10.0. The van der Waals surface area contributed by atoms with Crippen LogP contribution in [-0.4, -0.2) is 24.6 Å². The molecule has 1 heterocycles. The molecule has 1 amide bonds. The number of methoxy groups -OCH3 is 1. The summed E-state index contributed by atoms with van der Waals surface area (Å²) >= 11 is 6.00. The minimum Gasteiger partial charge on any atom is -0.486 e. The van der Waals surface area contributed by atoms with E-state index in [4.69, 9.17) is 16.3 Å². The number of carbonyl (C=O) groups is 1. The Hall–Kier alpha value is -3.37. The van der Waals surface area contributed by atoms with Gasteiger partial charge in [0.1, 0.15) is 41.5 Å². The Balaban J connectivity index is 1.95. The lowest BCUT2D eigenvalue weighted by Crippen LogP contribution is -2.26. The van der Waals surface area contributed by atoms with E-state index in [0.29, 0.717) is 6.07 Å². The number of hydrogen-bond donors (Lipinski definition) is 2. The average molecular weight is 485 g/mol. The molecule has 0 aliphatic heterocycles. The standard InChI is InChI=1S/C22H17ClF4N2O4/c1-32-10-18(30)28-7-11-4-16(26)19(17(27)5-11)14-8-29-22(31)20(23)21(14)33-9-12-2-3-13(24)6-15(12)25/h2-6,8H,7,9-10H2,1H3,(H,28,30)(H,29,31). The Morgan fingerprint density at radius 2 is 1.79 bits per heavy atom. The van der Waals surface area contributed by atoms with Gasteiger partial charge in [-0.15, -0.1) is 0 Å². The van der Waals surface area contributed by atoms with Crippen molar-refractivity contribution in [3.8, 4) is 16.9 Å². The third-order valence-electron chi connectivity index (χ3n) is 4.51. The second-order valence-electron chi connectivity index (χ2n) is 6.84. The van der Waals surface area contributed by atoms with Crippen molar-refractivity contribution in [3.63, 3.8) is 0 Å². The Labute approximate surface area is 190 Å². The molecule has 2 aromatic carbocycles. The smallest absolute Gasteiger partial charge is 0.270 e. The molecule has 0 fully saturated rings. The van der Waals surface area contributed by atoms with Gasteiger partial charge in [-0.1, -0.05) is 11.6 Å². The monoisotopic (exact) mass is 484 g/mol. The summed E-state index contributed by atoms with van der Waals surface area (Å²) in [6.45, 7) is -0.862. The quantitative estimate of drug-likeness (QED) is 0.472. The molecule has 174 valence electrons. The van der Waals surface area contributed by atoms with Gasteiger partial charge in [0.25, 0.3) is 5.56 Å². The number of amides is 1. The van der Waals surface area contributed by atoms with Crippen LogP contribution in [0.1, 0.15) is 11.1 Å². The summed E-state index contributed by atoms with van der Waals surface area (Å²) in [6, 6.07) is 4.76. The molecule has 0 radical (unpaired) electrons. The number of hydrogen-bond acceptors (Lipinski definition) is 4. The second kappa shape index (κ2) is 10.5. The van der Waals surface area contributed by atoms with Gasteiger partial charge >= 0.3 is 0 Å². The molecule has 0 unspecified atom stereocenters. The van der Waals surface area contributed by atoms with Crippen molar-refractivity contribution < 1.29 is 31.8 Å².